The molecule has 19 heteroatoms. The van der Waals surface area contributed by atoms with Gasteiger partial charge in [-0.3, -0.25) is 37.3 Å². The number of phosphoric ester groups is 2. The van der Waals surface area contributed by atoms with Crippen molar-refractivity contribution in [2.24, 2.45) is 23.7 Å². The molecule has 0 spiro atoms. The largest absolute Gasteiger partial charge is 0.472 e. The molecule has 0 aromatic carbocycles. The summed E-state index contributed by atoms with van der Waals surface area (Å²) >= 11 is 0. The van der Waals surface area contributed by atoms with E-state index in [9.17, 15) is 43.2 Å². The number of esters is 4. The fourth-order valence-electron chi connectivity index (χ4n) is 10.5. The third-order valence-corrected chi connectivity index (χ3v) is 18.3. The maximum Gasteiger partial charge on any atom is 0.472 e. The zero-order chi connectivity index (χ0) is 66.1. The van der Waals surface area contributed by atoms with E-state index in [0.29, 0.717) is 31.6 Å². The monoisotopic (exact) mass is 1310 g/mol. The zero-order valence-electron chi connectivity index (χ0n) is 58.1. The van der Waals surface area contributed by atoms with E-state index in [0.717, 1.165) is 114 Å². The average Bonchev–Trinajstić information content (AvgIpc) is 3.69. The Balaban J connectivity index is 5.22. The predicted molar refractivity (Wildman–Crippen MR) is 358 cm³/mol. The van der Waals surface area contributed by atoms with E-state index >= 15 is 0 Å². The van der Waals surface area contributed by atoms with Crippen LogP contribution in [-0.4, -0.2) is 96.7 Å². The molecule has 0 heterocycles. The van der Waals surface area contributed by atoms with Crippen LogP contribution in [0.15, 0.2) is 0 Å². The number of hydrogen-bond donors (Lipinski definition) is 3. The minimum absolute atomic E-state index is 0.102. The lowest BCUT2D eigenvalue weighted by atomic mass is 10.00. The Morgan fingerprint density at radius 3 is 0.798 bits per heavy atom. The molecule has 0 radical (unpaired) electrons. The summed E-state index contributed by atoms with van der Waals surface area (Å²) in [6.07, 6.45) is 41.9. The molecule has 0 aliphatic rings. The Kier molecular flexibility index (Phi) is 58.5. The first kappa shape index (κ1) is 87.1. The van der Waals surface area contributed by atoms with Crippen molar-refractivity contribution in [1.29, 1.82) is 0 Å². The van der Waals surface area contributed by atoms with Gasteiger partial charge in [-0.1, -0.05) is 293 Å². The molecule has 0 aromatic heterocycles. The van der Waals surface area contributed by atoms with Gasteiger partial charge in [0.2, 0.25) is 0 Å². The van der Waals surface area contributed by atoms with Crippen LogP contribution in [0.1, 0.15) is 344 Å². The highest BCUT2D eigenvalue weighted by atomic mass is 31.2. The molecule has 3 unspecified atom stereocenters. The van der Waals surface area contributed by atoms with Gasteiger partial charge in [-0.05, 0) is 49.4 Å². The van der Waals surface area contributed by atoms with Crippen LogP contribution in [0.3, 0.4) is 0 Å². The summed E-state index contributed by atoms with van der Waals surface area (Å²) in [7, 11) is -9.90. The van der Waals surface area contributed by atoms with Gasteiger partial charge in [0.1, 0.15) is 19.3 Å². The lowest BCUT2D eigenvalue weighted by molar-refractivity contribution is -0.161. The molecule has 0 rings (SSSR count). The van der Waals surface area contributed by atoms with Crippen molar-refractivity contribution in [3.63, 3.8) is 0 Å². The Bertz CT molecular complexity index is 1770. The number of hydrogen-bond acceptors (Lipinski definition) is 15. The summed E-state index contributed by atoms with van der Waals surface area (Å²) in [5, 5.41) is 10.6. The summed E-state index contributed by atoms with van der Waals surface area (Å²) < 4.78 is 68.2. The minimum Gasteiger partial charge on any atom is -0.462 e. The number of rotatable bonds is 67. The first-order valence-corrected chi connectivity index (χ1v) is 39.2. The highest BCUT2D eigenvalue weighted by Gasteiger charge is 2.30. The summed E-state index contributed by atoms with van der Waals surface area (Å²) in [5.74, 6) is 0.822. The van der Waals surface area contributed by atoms with Crippen LogP contribution in [0.25, 0.3) is 0 Å². The molecule has 6 atom stereocenters. The van der Waals surface area contributed by atoms with Gasteiger partial charge in [0.15, 0.2) is 12.2 Å². The number of carbonyl (C=O) groups is 4. The second-order valence-corrected chi connectivity index (χ2v) is 29.8. The van der Waals surface area contributed by atoms with Crippen molar-refractivity contribution in [3.05, 3.63) is 0 Å². The van der Waals surface area contributed by atoms with Crippen LogP contribution in [0.5, 0.6) is 0 Å². The number of ether oxygens (including phenoxy) is 4. The van der Waals surface area contributed by atoms with Crippen molar-refractivity contribution in [1.82, 2.24) is 0 Å². The van der Waals surface area contributed by atoms with Gasteiger partial charge in [-0.15, -0.1) is 0 Å². The normalized spacial score (nSPS) is 14.6. The predicted octanol–water partition coefficient (Wildman–Crippen LogP) is 19.7. The first-order chi connectivity index (χ1) is 42.6. The van der Waals surface area contributed by atoms with Gasteiger partial charge in [0.25, 0.3) is 0 Å². The number of carbonyl (C=O) groups excluding carboxylic acids is 4. The Hall–Kier alpha value is -1.94. The fraction of sp³-hybridized carbons (Fsp3) is 0.943. The fourth-order valence-corrected chi connectivity index (χ4v) is 12.0. The van der Waals surface area contributed by atoms with Crippen LogP contribution < -0.4 is 0 Å². The molecule has 0 fully saturated rings. The molecule has 89 heavy (non-hydrogen) atoms. The van der Waals surface area contributed by atoms with E-state index < -0.39 is 97.5 Å². The molecular weight excluding hydrogens is 1170 g/mol. The standard InChI is InChI=1S/C70H136O17P2/c1-9-63(8)49-41-33-28-29-35-43-51-68(73)81-57-66(87-70(75)53-45-37-27-21-24-32-40-48-62(6)7)59-85-89(78,79)83-55-64(71)54-82-88(76,77)84-58-65(56-80-67(72)50-42-34-25-20-19-23-31-39-47-61(4)5)86-69(74)52-44-36-26-18-16-14-12-10-11-13-15-17-22-30-38-46-60(2)3/h60-66,71H,9-59H2,1-8H3,(H,76,77)(H,78,79)/t63?,64-,65-,66-/m1/s1. The van der Waals surface area contributed by atoms with Crippen LogP contribution in [0, 0.1) is 23.7 Å². The summed E-state index contributed by atoms with van der Waals surface area (Å²) in [6.45, 7) is 14.0. The molecule has 0 bridgehead atoms. The number of aliphatic hydroxyl groups excluding tert-OH is 1. The lowest BCUT2D eigenvalue weighted by Crippen LogP contribution is -2.30. The van der Waals surface area contributed by atoms with Crippen LogP contribution in [-0.2, 0) is 65.4 Å². The van der Waals surface area contributed by atoms with Crippen molar-refractivity contribution in [2.75, 3.05) is 39.6 Å². The van der Waals surface area contributed by atoms with Gasteiger partial charge >= 0.3 is 39.5 Å². The number of phosphoric acid groups is 2. The third kappa shape index (κ3) is 63.2. The maximum atomic E-state index is 13.0. The number of aliphatic hydroxyl groups is 1. The van der Waals surface area contributed by atoms with Gasteiger partial charge in [-0.2, -0.15) is 0 Å². The SMILES string of the molecule is CCC(C)CCCCCCCCC(=O)OC[C@H](COP(=O)(O)OC[C@H](O)COP(=O)(O)OC[C@@H](COC(=O)CCCCCCCCCCC(C)C)OC(=O)CCCCCCCCCCCCCCCCCC(C)C)OC(=O)CCCCCCCCCC(C)C. The van der Waals surface area contributed by atoms with Crippen molar-refractivity contribution >= 4 is 39.5 Å². The van der Waals surface area contributed by atoms with Crippen LogP contribution in [0.4, 0.5) is 0 Å². The second-order valence-electron chi connectivity index (χ2n) is 26.9. The molecule has 0 aliphatic heterocycles. The van der Waals surface area contributed by atoms with E-state index in [4.69, 9.17) is 37.0 Å². The van der Waals surface area contributed by atoms with E-state index in [1.807, 2.05) is 0 Å². The Morgan fingerprint density at radius 1 is 0.315 bits per heavy atom. The topological polar surface area (TPSA) is 237 Å². The minimum atomic E-state index is -4.95. The first-order valence-electron chi connectivity index (χ1n) is 36.2. The molecule has 17 nitrogen and oxygen atoms in total. The lowest BCUT2D eigenvalue weighted by Gasteiger charge is -2.21. The van der Waals surface area contributed by atoms with Gasteiger partial charge in [-0.25, -0.2) is 9.13 Å². The maximum absolute atomic E-state index is 13.0. The Labute approximate surface area is 543 Å². The summed E-state index contributed by atoms with van der Waals surface area (Å²) in [5.41, 5.74) is 0. The molecule has 0 aromatic rings. The molecule has 3 N–H and O–H groups in total. The third-order valence-electron chi connectivity index (χ3n) is 16.4. The highest BCUT2D eigenvalue weighted by Crippen LogP contribution is 2.45. The summed E-state index contributed by atoms with van der Waals surface area (Å²) in [6, 6.07) is 0. The van der Waals surface area contributed by atoms with E-state index in [1.54, 1.807) is 0 Å². The van der Waals surface area contributed by atoms with Gasteiger partial charge in [0.05, 0.1) is 26.4 Å². The van der Waals surface area contributed by atoms with E-state index in [2.05, 4.69) is 55.4 Å². The number of unbranched alkanes of at least 4 members (excludes halogenated alkanes) is 32. The highest BCUT2D eigenvalue weighted by molar-refractivity contribution is 7.47. The average molecular weight is 1310 g/mol. The summed E-state index contributed by atoms with van der Waals surface area (Å²) in [4.78, 5) is 72.5. The van der Waals surface area contributed by atoms with Crippen LogP contribution >= 0.6 is 15.6 Å². The molecular formula is C70H136O17P2. The Morgan fingerprint density at radius 2 is 0.539 bits per heavy atom. The second kappa shape index (κ2) is 59.8. The molecule has 0 aliphatic carbocycles. The quantitative estimate of drug-likeness (QED) is 0.0222. The molecule has 528 valence electrons. The molecule has 0 saturated heterocycles. The molecule has 0 amide bonds. The van der Waals surface area contributed by atoms with E-state index in [1.165, 1.54) is 141 Å². The van der Waals surface area contributed by atoms with Gasteiger partial charge < -0.3 is 33.8 Å². The zero-order valence-corrected chi connectivity index (χ0v) is 59.8. The van der Waals surface area contributed by atoms with Crippen molar-refractivity contribution < 1.29 is 80.2 Å². The van der Waals surface area contributed by atoms with Crippen molar-refractivity contribution in [3.8, 4) is 0 Å². The van der Waals surface area contributed by atoms with Crippen LogP contribution in [0.2, 0.25) is 0 Å². The van der Waals surface area contributed by atoms with Gasteiger partial charge in [0, 0.05) is 25.7 Å². The smallest absolute Gasteiger partial charge is 0.462 e. The van der Waals surface area contributed by atoms with E-state index in [-0.39, 0.29) is 25.7 Å². The van der Waals surface area contributed by atoms with Crippen molar-refractivity contribution in [2.45, 2.75) is 363 Å². The molecule has 0 saturated carbocycles.